The number of methoxy groups -OCH3 is 2. The Hall–Kier alpha value is -7.22. The van der Waals surface area contributed by atoms with E-state index in [-0.39, 0.29) is 29.3 Å². The highest BCUT2D eigenvalue weighted by molar-refractivity contribution is 5.88. The Morgan fingerprint density at radius 1 is 0.597 bits per heavy atom. The molecule has 0 radical (unpaired) electrons. The van der Waals surface area contributed by atoms with Gasteiger partial charge in [0.15, 0.2) is 0 Å². The normalized spacial score (nSPS) is 19.3. The molecule has 14 nitrogen and oxygen atoms in total. The van der Waals surface area contributed by atoms with Crippen molar-refractivity contribution in [3.8, 4) is 33.6 Å². The number of ether oxygens (including phenoxy) is 2. The Labute approximate surface area is 389 Å². The molecule has 2 aromatic heterocycles. The average Bonchev–Trinajstić information content (AvgIpc) is 4.24. The van der Waals surface area contributed by atoms with Crippen LogP contribution in [-0.4, -0.2) is 81.0 Å². The summed E-state index contributed by atoms with van der Waals surface area (Å²) in [6.45, 7) is 1.12. The largest absolute Gasteiger partial charge is 0.453 e. The number of aromatic nitrogens is 4. The molecule has 6 aromatic rings. The molecule has 0 bridgehead atoms. The van der Waals surface area contributed by atoms with Gasteiger partial charge in [0.25, 0.3) is 11.8 Å². The number of amides is 4. The molecule has 4 N–H and O–H groups in total. The van der Waals surface area contributed by atoms with E-state index in [0.717, 1.165) is 72.4 Å². The summed E-state index contributed by atoms with van der Waals surface area (Å²) < 4.78 is 9.77. The Bertz CT molecular complexity index is 2760. The van der Waals surface area contributed by atoms with E-state index in [1.807, 2.05) is 82.9 Å². The van der Waals surface area contributed by atoms with Crippen LogP contribution in [0.25, 0.3) is 33.6 Å². The summed E-state index contributed by atoms with van der Waals surface area (Å²) in [5, 5.41) is 5.50. The van der Waals surface area contributed by atoms with Crippen molar-refractivity contribution in [2.75, 3.05) is 27.3 Å². The minimum atomic E-state index is -0.884. The number of carbonyl (C=O) groups is 4. The number of benzene rings is 4. The van der Waals surface area contributed by atoms with Crippen molar-refractivity contribution in [1.29, 1.82) is 0 Å². The summed E-state index contributed by atoms with van der Waals surface area (Å²) >= 11 is 0. The van der Waals surface area contributed by atoms with E-state index in [1.54, 1.807) is 0 Å². The number of carbonyl (C=O) groups excluding carboxylic acids is 4. The van der Waals surface area contributed by atoms with Crippen molar-refractivity contribution in [1.82, 2.24) is 40.4 Å². The Kier molecular flexibility index (Phi) is 12.1. The van der Waals surface area contributed by atoms with Crippen LogP contribution in [0.4, 0.5) is 9.59 Å². The molecule has 2 aliphatic heterocycles. The SMILES string of the molecule is COC(=O)NC(C(=O)N1CCCC1c1ncc(-c2ccc(-c3ccc(-c4cnc(C5CCCN5C(=O)C(NC(=O)OC)c5ccccc5)[nH]4)c4c3CC3(CCCC3)C4)cc2)[nH]1)c1ccccc1. The second-order valence-corrected chi connectivity index (χ2v) is 18.5. The molecule has 2 aliphatic carbocycles. The fraction of sp³-hybridized carbons (Fsp3) is 0.358. The van der Waals surface area contributed by atoms with Crippen molar-refractivity contribution in [3.05, 3.63) is 143 Å². The molecule has 344 valence electrons. The third-order valence-electron chi connectivity index (χ3n) is 14.5. The molecule has 4 heterocycles. The van der Waals surface area contributed by atoms with E-state index in [9.17, 15) is 19.2 Å². The molecular formula is C53H56N8O6. The summed E-state index contributed by atoms with van der Waals surface area (Å²) in [4.78, 5) is 73.5. The highest BCUT2D eigenvalue weighted by Gasteiger charge is 2.43. The minimum Gasteiger partial charge on any atom is -0.453 e. The first-order valence-corrected chi connectivity index (χ1v) is 23.5. The highest BCUT2D eigenvalue weighted by atomic mass is 16.5. The number of H-pyrrole nitrogens is 2. The number of likely N-dealkylation sites (tertiary alicyclic amines) is 2. The molecular weight excluding hydrogens is 845 g/mol. The lowest BCUT2D eigenvalue weighted by Gasteiger charge is -2.28. The van der Waals surface area contributed by atoms with Crippen molar-refractivity contribution in [2.45, 2.75) is 88.4 Å². The summed E-state index contributed by atoms with van der Waals surface area (Å²) in [7, 11) is 2.59. The van der Waals surface area contributed by atoms with Crippen LogP contribution in [0.15, 0.2) is 109 Å². The second kappa shape index (κ2) is 18.6. The van der Waals surface area contributed by atoms with Crippen LogP contribution in [0.1, 0.15) is 109 Å². The van der Waals surface area contributed by atoms with Gasteiger partial charge in [0, 0.05) is 18.7 Å². The molecule has 3 fully saturated rings. The van der Waals surface area contributed by atoms with E-state index >= 15 is 0 Å². The van der Waals surface area contributed by atoms with Crippen molar-refractivity contribution >= 4 is 24.0 Å². The van der Waals surface area contributed by atoms with Gasteiger partial charge in [-0.2, -0.15) is 0 Å². The average molecular weight is 901 g/mol. The third-order valence-corrected chi connectivity index (χ3v) is 14.5. The Morgan fingerprint density at radius 3 is 1.58 bits per heavy atom. The predicted molar refractivity (Wildman–Crippen MR) is 252 cm³/mol. The van der Waals surface area contributed by atoms with Gasteiger partial charge in [-0.15, -0.1) is 0 Å². The molecule has 14 heteroatoms. The number of hydrogen-bond acceptors (Lipinski definition) is 8. The summed E-state index contributed by atoms with van der Waals surface area (Å²) in [6, 6.07) is 29.4. The monoisotopic (exact) mass is 900 g/mol. The molecule has 4 atom stereocenters. The summed E-state index contributed by atoms with van der Waals surface area (Å²) in [6.07, 6.45) is 12.6. The van der Waals surface area contributed by atoms with Crippen molar-refractivity contribution in [2.24, 2.45) is 5.41 Å². The number of hydrogen-bond donors (Lipinski definition) is 4. The Balaban J connectivity index is 0.891. The van der Waals surface area contributed by atoms with E-state index in [4.69, 9.17) is 19.4 Å². The van der Waals surface area contributed by atoms with E-state index in [1.165, 1.54) is 56.6 Å². The summed E-state index contributed by atoms with van der Waals surface area (Å²) in [5.41, 5.74) is 10.7. The van der Waals surface area contributed by atoms with Gasteiger partial charge < -0.3 is 39.9 Å². The smallest absolute Gasteiger partial charge is 0.407 e. The third kappa shape index (κ3) is 8.56. The second-order valence-electron chi connectivity index (χ2n) is 18.5. The van der Waals surface area contributed by atoms with E-state index < -0.39 is 24.3 Å². The van der Waals surface area contributed by atoms with Gasteiger partial charge in [0.05, 0.1) is 50.1 Å². The maximum atomic E-state index is 14.2. The van der Waals surface area contributed by atoms with E-state index in [0.29, 0.717) is 30.0 Å². The highest BCUT2D eigenvalue weighted by Crippen LogP contribution is 2.53. The molecule has 4 amide bonds. The Morgan fingerprint density at radius 2 is 1.06 bits per heavy atom. The first kappa shape index (κ1) is 43.7. The molecule has 2 saturated heterocycles. The molecule has 4 aromatic carbocycles. The van der Waals surface area contributed by atoms with Crippen LogP contribution in [0.2, 0.25) is 0 Å². The molecule has 1 saturated carbocycles. The van der Waals surface area contributed by atoms with Crippen molar-refractivity contribution < 1.29 is 28.7 Å². The van der Waals surface area contributed by atoms with Crippen molar-refractivity contribution in [3.63, 3.8) is 0 Å². The van der Waals surface area contributed by atoms with Crippen LogP contribution >= 0.6 is 0 Å². The lowest BCUT2D eigenvalue weighted by Crippen LogP contribution is -2.42. The number of rotatable bonds is 11. The fourth-order valence-electron chi connectivity index (χ4n) is 11.2. The number of aromatic amines is 2. The molecule has 4 aliphatic rings. The maximum absolute atomic E-state index is 14.2. The zero-order chi connectivity index (χ0) is 46.1. The van der Waals surface area contributed by atoms with Gasteiger partial charge in [-0.05, 0) is 95.7 Å². The lowest BCUT2D eigenvalue weighted by molar-refractivity contribution is -0.135. The maximum Gasteiger partial charge on any atom is 0.407 e. The van der Waals surface area contributed by atoms with Gasteiger partial charge in [0.1, 0.15) is 23.7 Å². The molecule has 10 rings (SSSR count). The van der Waals surface area contributed by atoms with Gasteiger partial charge in [-0.1, -0.05) is 110 Å². The van der Waals surface area contributed by atoms with Gasteiger partial charge in [-0.3, -0.25) is 9.59 Å². The van der Waals surface area contributed by atoms with Crippen LogP contribution in [0.5, 0.6) is 0 Å². The lowest BCUT2D eigenvalue weighted by atomic mass is 9.82. The number of imidazole rings is 2. The predicted octanol–water partition coefficient (Wildman–Crippen LogP) is 9.31. The molecule has 67 heavy (non-hydrogen) atoms. The first-order valence-electron chi connectivity index (χ1n) is 23.5. The zero-order valence-corrected chi connectivity index (χ0v) is 37.9. The number of alkyl carbamates (subject to hydrolysis) is 2. The minimum absolute atomic E-state index is 0.194. The fourth-order valence-corrected chi connectivity index (χ4v) is 11.2. The standard InChI is InChI=1S/C53H56N8O6/c1-66-51(64)58-45(35-13-5-3-6-14-35)49(62)60-27-11-17-43(60)47-54-31-41(56-47)34-21-19-33(20-22-34)37-23-24-38(40-30-53(29-39(37)40)25-9-10-26-53)42-32-55-48(57-42)44-18-12-28-61(44)50(63)46(59-52(65)67-2)36-15-7-4-8-16-36/h3-8,13-16,19-24,31-32,43-46H,9-12,17-18,25-30H2,1-2H3,(H,54,56)(H,55,57)(H,58,64)(H,59,65). The number of fused-ring (bicyclic) bond motifs is 1. The quantitative estimate of drug-likeness (QED) is 0.0996. The number of nitrogens with zero attached hydrogens (tertiary/aromatic N) is 4. The van der Waals surface area contributed by atoms with Gasteiger partial charge >= 0.3 is 12.2 Å². The van der Waals surface area contributed by atoms with Gasteiger partial charge in [0.2, 0.25) is 0 Å². The zero-order valence-electron chi connectivity index (χ0n) is 37.9. The topological polar surface area (TPSA) is 175 Å². The molecule has 1 spiro atoms. The van der Waals surface area contributed by atoms with Crippen LogP contribution < -0.4 is 10.6 Å². The summed E-state index contributed by atoms with van der Waals surface area (Å²) in [5.74, 6) is 1.06. The van der Waals surface area contributed by atoms with E-state index in [2.05, 4.69) is 57.0 Å². The van der Waals surface area contributed by atoms with Gasteiger partial charge in [-0.25, -0.2) is 19.6 Å². The van der Waals surface area contributed by atoms with Crippen LogP contribution in [0, 0.1) is 5.41 Å². The first-order chi connectivity index (χ1) is 32.7. The molecule has 4 unspecified atom stereocenters. The van der Waals surface area contributed by atoms with Crippen LogP contribution in [-0.2, 0) is 31.9 Å². The number of nitrogens with one attached hydrogen (secondary N) is 4. The van der Waals surface area contributed by atoms with Crippen LogP contribution in [0.3, 0.4) is 0 Å².